The highest BCUT2D eigenvalue weighted by Crippen LogP contribution is 2.25. The number of aromatic nitrogens is 2. The minimum absolute atomic E-state index is 0.576. The van der Waals surface area contributed by atoms with E-state index in [1.165, 1.54) is 12.8 Å². The number of anilines is 2. The molecule has 5 nitrogen and oxygen atoms in total. The Bertz CT molecular complexity index is 302. The van der Waals surface area contributed by atoms with Gasteiger partial charge in [0.1, 0.15) is 5.82 Å². The minimum Gasteiger partial charge on any atom is -0.481 e. The van der Waals surface area contributed by atoms with Crippen LogP contribution in [0.2, 0.25) is 0 Å². The molecule has 0 spiro atoms. The number of nitrogens with one attached hydrogen (secondary N) is 2. The zero-order valence-electron chi connectivity index (χ0n) is 8.37. The lowest BCUT2D eigenvalue weighted by atomic mass is 10.5. The fourth-order valence-corrected chi connectivity index (χ4v) is 1.15. The van der Waals surface area contributed by atoms with Crippen LogP contribution in [-0.2, 0) is 0 Å². The summed E-state index contributed by atoms with van der Waals surface area (Å²) in [5.41, 5.74) is 0. The van der Waals surface area contributed by atoms with Crippen LogP contribution in [0.25, 0.3) is 0 Å². The topological polar surface area (TPSA) is 59.1 Å². The molecule has 0 bridgehead atoms. The standard InChI is InChI=1S/C9H14N4O/c1-10-9-12-7(11-6-3-4-6)5-8(13-9)14-2/h5-6H,3-4H2,1-2H3,(H2,10,11,12,13). The highest BCUT2D eigenvalue weighted by molar-refractivity contribution is 5.45. The van der Waals surface area contributed by atoms with Gasteiger partial charge in [-0.3, -0.25) is 0 Å². The molecular formula is C9H14N4O. The molecule has 0 radical (unpaired) electrons. The lowest BCUT2D eigenvalue weighted by Gasteiger charge is -2.07. The molecule has 0 saturated heterocycles. The average molecular weight is 194 g/mol. The number of rotatable bonds is 4. The van der Waals surface area contributed by atoms with Crippen LogP contribution >= 0.6 is 0 Å². The molecule has 0 aromatic carbocycles. The molecule has 1 aliphatic carbocycles. The first-order valence-electron chi connectivity index (χ1n) is 4.69. The van der Waals surface area contributed by atoms with Crippen LogP contribution in [0.3, 0.4) is 0 Å². The van der Waals surface area contributed by atoms with Crippen LogP contribution in [0.4, 0.5) is 11.8 Å². The van der Waals surface area contributed by atoms with Crippen LogP contribution in [0.1, 0.15) is 12.8 Å². The van der Waals surface area contributed by atoms with E-state index in [1.807, 2.05) is 0 Å². The van der Waals surface area contributed by atoms with Crippen LogP contribution in [0.15, 0.2) is 6.07 Å². The molecule has 1 fully saturated rings. The minimum atomic E-state index is 0.576. The summed E-state index contributed by atoms with van der Waals surface area (Å²) in [5, 5.41) is 6.19. The molecule has 0 aliphatic heterocycles. The van der Waals surface area contributed by atoms with Gasteiger partial charge in [-0.15, -0.1) is 0 Å². The van der Waals surface area contributed by atoms with E-state index in [9.17, 15) is 0 Å². The second-order valence-electron chi connectivity index (χ2n) is 3.29. The van der Waals surface area contributed by atoms with Crippen molar-refractivity contribution in [1.29, 1.82) is 0 Å². The van der Waals surface area contributed by atoms with Gasteiger partial charge in [0.25, 0.3) is 0 Å². The Hall–Kier alpha value is -1.52. The maximum Gasteiger partial charge on any atom is 0.227 e. The van der Waals surface area contributed by atoms with Crippen LogP contribution in [0, 0.1) is 0 Å². The van der Waals surface area contributed by atoms with E-state index >= 15 is 0 Å². The summed E-state index contributed by atoms with van der Waals surface area (Å²) in [5.74, 6) is 1.98. The largest absolute Gasteiger partial charge is 0.481 e. The maximum atomic E-state index is 5.07. The van der Waals surface area contributed by atoms with Crippen molar-refractivity contribution in [3.05, 3.63) is 6.07 Å². The van der Waals surface area contributed by atoms with E-state index in [0.29, 0.717) is 17.9 Å². The van der Waals surface area contributed by atoms with Gasteiger partial charge in [-0.2, -0.15) is 9.97 Å². The van der Waals surface area contributed by atoms with Gasteiger partial charge in [0.2, 0.25) is 11.8 Å². The highest BCUT2D eigenvalue weighted by atomic mass is 16.5. The number of nitrogens with zero attached hydrogens (tertiary/aromatic N) is 2. The first-order chi connectivity index (χ1) is 6.81. The summed E-state index contributed by atoms with van der Waals surface area (Å²) in [6, 6.07) is 2.39. The SMILES string of the molecule is CNc1nc(NC2CC2)cc(OC)n1. The second-order valence-corrected chi connectivity index (χ2v) is 3.29. The van der Waals surface area contributed by atoms with Gasteiger partial charge in [0.15, 0.2) is 0 Å². The predicted octanol–water partition coefficient (Wildman–Crippen LogP) is 1.10. The third-order valence-electron chi connectivity index (χ3n) is 2.06. The van der Waals surface area contributed by atoms with Crippen molar-refractivity contribution in [2.75, 3.05) is 24.8 Å². The Morgan fingerprint density at radius 3 is 2.79 bits per heavy atom. The maximum absolute atomic E-state index is 5.07. The van der Waals surface area contributed by atoms with Gasteiger partial charge in [-0.05, 0) is 12.8 Å². The van der Waals surface area contributed by atoms with Gasteiger partial charge in [0, 0.05) is 19.2 Å². The van der Waals surface area contributed by atoms with Gasteiger partial charge in [-0.1, -0.05) is 0 Å². The lowest BCUT2D eigenvalue weighted by molar-refractivity contribution is 0.398. The Morgan fingerprint density at radius 2 is 2.21 bits per heavy atom. The van der Waals surface area contributed by atoms with Gasteiger partial charge >= 0.3 is 0 Å². The second kappa shape index (κ2) is 3.69. The molecular weight excluding hydrogens is 180 g/mol. The average Bonchev–Trinajstić information content (AvgIpc) is 3.01. The van der Waals surface area contributed by atoms with Crippen molar-refractivity contribution in [2.24, 2.45) is 0 Å². The molecule has 5 heteroatoms. The third-order valence-corrected chi connectivity index (χ3v) is 2.06. The number of hydrogen-bond acceptors (Lipinski definition) is 5. The molecule has 14 heavy (non-hydrogen) atoms. The molecule has 0 atom stereocenters. The zero-order chi connectivity index (χ0) is 9.97. The summed E-state index contributed by atoms with van der Waals surface area (Å²) in [6.45, 7) is 0. The molecule has 2 rings (SSSR count). The Balaban J connectivity index is 2.19. The molecule has 0 unspecified atom stereocenters. The van der Waals surface area contributed by atoms with Gasteiger partial charge < -0.3 is 15.4 Å². The van der Waals surface area contributed by atoms with E-state index in [0.717, 1.165) is 5.82 Å². The molecule has 1 saturated carbocycles. The van der Waals surface area contributed by atoms with E-state index < -0.39 is 0 Å². The summed E-state index contributed by atoms with van der Waals surface area (Å²) >= 11 is 0. The summed E-state index contributed by atoms with van der Waals surface area (Å²) in [4.78, 5) is 8.38. The summed E-state index contributed by atoms with van der Waals surface area (Å²) in [7, 11) is 3.39. The number of hydrogen-bond donors (Lipinski definition) is 2. The van der Waals surface area contributed by atoms with Crippen molar-refractivity contribution in [3.8, 4) is 5.88 Å². The fraction of sp³-hybridized carbons (Fsp3) is 0.556. The van der Waals surface area contributed by atoms with Crippen molar-refractivity contribution < 1.29 is 4.74 Å². The Morgan fingerprint density at radius 1 is 1.43 bits per heavy atom. The van der Waals surface area contributed by atoms with Crippen LogP contribution in [0.5, 0.6) is 5.88 Å². The van der Waals surface area contributed by atoms with E-state index in [-0.39, 0.29) is 0 Å². The molecule has 1 aromatic heterocycles. The van der Waals surface area contributed by atoms with Crippen molar-refractivity contribution in [2.45, 2.75) is 18.9 Å². The van der Waals surface area contributed by atoms with E-state index in [1.54, 1.807) is 20.2 Å². The molecule has 2 N–H and O–H groups in total. The summed E-state index contributed by atoms with van der Waals surface area (Å²) < 4.78 is 5.07. The van der Waals surface area contributed by atoms with E-state index in [2.05, 4.69) is 20.6 Å². The quantitative estimate of drug-likeness (QED) is 0.751. The van der Waals surface area contributed by atoms with Crippen molar-refractivity contribution in [1.82, 2.24) is 9.97 Å². The molecule has 1 aromatic rings. The first-order valence-corrected chi connectivity index (χ1v) is 4.69. The number of ether oxygens (including phenoxy) is 1. The Kier molecular flexibility index (Phi) is 2.39. The first kappa shape index (κ1) is 9.05. The summed E-state index contributed by atoms with van der Waals surface area (Å²) in [6.07, 6.45) is 2.45. The number of methoxy groups -OCH3 is 1. The van der Waals surface area contributed by atoms with Gasteiger partial charge in [-0.25, -0.2) is 0 Å². The third kappa shape index (κ3) is 2.04. The molecule has 0 amide bonds. The Labute approximate surface area is 82.9 Å². The monoisotopic (exact) mass is 194 g/mol. The normalized spacial score (nSPS) is 15.0. The smallest absolute Gasteiger partial charge is 0.227 e. The van der Waals surface area contributed by atoms with Crippen LogP contribution < -0.4 is 15.4 Å². The predicted molar refractivity (Wildman–Crippen MR) is 54.8 cm³/mol. The van der Waals surface area contributed by atoms with E-state index in [4.69, 9.17) is 4.74 Å². The molecule has 76 valence electrons. The van der Waals surface area contributed by atoms with Gasteiger partial charge in [0.05, 0.1) is 7.11 Å². The zero-order valence-corrected chi connectivity index (χ0v) is 8.37. The highest BCUT2D eigenvalue weighted by Gasteiger charge is 2.21. The van der Waals surface area contributed by atoms with Crippen molar-refractivity contribution >= 4 is 11.8 Å². The van der Waals surface area contributed by atoms with Crippen LogP contribution in [-0.4, -0.2) is 30.2 Å². The molecule has 1 heterocycles. The van der Waals surface area contributed by atoms with Crippen molar-refractivity contribution in [3.63, 3.8) is 0 Å². The lowest BCUT2D eigenvalue weighted by Crippen LogP contribution is -2.06. The fourth-order valence-electron chi connectivity index (χ4n) is 1.15. The molecule has 1 aliphatic rings.